The van der Waals surface area contributed by atoms with Crippen LogP contribution in [0.4, 0.5) is 0 Å². The van der Waals surface area contributed by atoms with E-state index in [1.54, 1.807) is 6.07 Å². The van der Waals surface area contributed by atoms with Crippen LogP contribution in [0.1, 0.15) is 29.1 Å². The quantitative estimate of drug-likeness (QED) is 0.863. The Balaban J connectivity index is 2.15. The van der Waals surface area contributed by atoms with Gasteiger partial charge in [-0.15, -0.1) is 0 Å². The molecule has 1 saturated carbocycles. The third kappa shape index (κ3) is 1.41. The highest BCUT2D eigenvalue weighted by atomic mass is 16.4. The lowest BCUT2D eigenvalue weighted by Crippen LogP contribution is -2.09. The van der Waals surface area contributed by atoms with E-state index in [1.807, 2.05) is 17.6 Å². The molecule has 0 atom stereocenters. The van der Waals surface area contributed by atoms with Crippen LogP contribution in [0.2, 0.25) is 0 Å². The highest BCUT2D eigenvalue weighted by molar-refractivity contribution is 5.92. The van der Waals surface area contributed by atoms with E-state index in [2.05, 4.69) is 0 Å². The first-order valence-electron chi connectivity index (χ1n) is 5.48. The molecule has 4 heteroatoms. The molecule has 1 aliphatic carbocycles. The Morgan fingerprint density at radius 1 is 1.56 bits per heavy atom. The standard InChI is InChI=1S/C12H13NO3/c1-7-4-9-11(16-7)5-10(12(14)15)13(9)6-8-2-3-8/h4-5,8H,2-3,6H2,1H3,(H,14,15). The van der Waals surface area contributed by atoms with Crippen LogP contribution in [-0.2, 0) is 6.54 Å². The van der Waals surface area contributed by atoms with E-state index in [0.29, 0.717) is 17.2 Å². The molecule has 0 amide bonds. The van der Waals surface area contributed by atoms with E-state index in [4.69, 9.17) is 9.52 Å². The maximum atomic E-state index is 11.1. The van der Waals surface area contributed by atoms with Crippen LogP contribution in [0.25, 0.3) is 11.1 Å². The molecule has 0 bridgehead atoms. The van der Waals surface area contributed by atoms with Crippen LogP contribution in [0.15, 0.2) is 16.5 Å². The average molecular weight is 219 g/mol. The topological polar surface area (TPSA) is 55.4 Å². The fourth-order valence-corrected chi connectivity index (χ4v) is 2.10. The molecule has 1 fully saturated rings. The van der Waals surface area contributed by atoms with Gasteiger partial charge in [0.25, 0.3) is 0 Å². The summed E-state index contributed by atoms with van der Waals surface area (Å²) in [5.74, 6) is 0.583. The number of carboxylic acids is 1. The van der Waals surface area contributed by atoms with Crippen molar-refractivity contribution in [3.05, 3.63) is 23.6 Å². The summed E-state index contributed by atoms with van der Waals surface area (Å²) in [6.07, 6.45) is 2.41. The number of nitrogens with zero attached hydrogens (tertiary/aromatic N) is 1. The van der Waals surface area contributed by atoms with Gasteiger partial charge < -0.3 is 14.1 Å². The second kappa shape index (κ2) is 3.14. The lowest BCUT2D eigenvalue weighted by atomic mass is 10.3. The number of hydrogen-bond donors (Lipinski definition) is 1. The molecule has 0 saturated heterocycles. The minimum absolute atomic E-state index is 0.334. The number of fused-ring (bicyclic) bond motifs is 1. The van der Waals surface area contributed by atoms with E-state index in [0.717, 1.165) is 17.8 Å². The largest absolute Gasteiger partial charge is 0.477 e. The molecule has 0 radical (unpaired) electrons. The van der Waals surface area contributed by atoms with Crippen molar-refractivity contribution in [1.29, 1.82) is 0 Å². The maximum absolute atomic E-state index is 11.1. The van der Waals surface area contributed by atoms with Crippen molar-refractivity contribution in [1.82, 2.24) is 4.57 Å². The zero-order valence-corrected chi connectivity index (χ0v) is 9.06. The summed E-state index contributed by atoms with van der Waals surface area (Å²) in [5.41, 5.74) is 1.91. The third-order valence-electron chi connectivity index (χ3n) is 3.07. The minimum atomic E-state index is -0.885. The number of aromatic carboxylic acids is 1. The van der Waals surface area contributed by atoms with Crippen molar-refractivity contribution in [2.24, 2.45) is 5.92 Å². The van der Waals surface area contributed by atoms with Crippen LogP contribution >= 0.6 is 0 Å². The molecule has 3 rings (SSSR count). The van der Waals surface area contributed by atoms with Crippen molar-refractivity contribution in [2.75, 3.05) is 0 Å². The summed E-state index contributed by atoms with van der Waals surface area (Å²) in [6, 6.07) is 3.53. The fourth-order valence-electron chi connectivity index (χ4n) is 2.10. The van der Waals surface area contributed by atoms with Crippen molar-refractivity contribution in [3.8, 4) is 0 Å². The Labute approximate surface area is 92.5 Å². The summed E-state index contributed by atoms with van der Waals surface area (Å²) < 4.78 is 7.32. The van der Waals surface area contributed by atoms with Crippen molar-refractivity contribution in [3.63, 3.8) is 0 Å². The second-order valence-corrected chi connectivity index (χ2v) is 4.50. The molecule has 84 valence electrons. The van der Waals surface area contributed by atoms with E-state index in [-0.39, 0.29) is 0 Å². The summed E-state index contributed by atoms with van der Waals surface area (Å²) in [5, 5.41) is 9.13. The van der Waals surface area contributed by atoms with Gasteiger partial charge in [0.05, 0.1) is 5.52 Å². The molecule has 4 nitrogen and oxygen atoms in total. The van der Waals surface area contributed by atoms with Gasteiger partial charge in [-0.1, -0.05) is 0 Å². The van der Waals surface area contributed by atoms with Gasteiger partial charge >= 0.3 is 5.97 Å². The number of rotatable bonds is 3. The Morgan fingerprint density at radius 3 is 2.94 bits per heavy atom. The Hall–Kier alpha value is -1.71. The van der Waals surface area contributed by atoms with Crippen LogP contribution in [0.5, 0.6) is 0 Å². The SMILES string of the molecule is Cc1cc2c(cc(C(=O)O)n2CC2CC2)o1. The summed E-state index contributed by atoms with van der Waals surface area (Å²) in [7, 11) is 0. The molecule has 0 aliphatic heterocycles. The van der Waals surface area contributed by atoms with Crippen LogP contribution in [-0.4, -0.2) is 15.6 Å². The Kier molecular flexibility index (Phi) is 1.87. The van der Waals surface area contributed by atoms with Gasteiger partial charge in [-0.05, 0) is 25.7 Å². The highest BCUT2D eigenvalue weighted by Crippen LogP contribution is 2.33. The molecule has 2 aromatic heterocycles. The first-order valence-corrected chi connectivity index (χ1v) is 5.48. The number of furan rings is 1. The van der Waals surface area contributed by atoms with E-state index in [1.165, 1.54) is 12.8 Å². The highest BCUT2D eigenvalue weighted by Gasteiger charge is 2.26. The normalized spacial score (nSPS) is 15.8. The second-order valence-electron chi connectivity index (χ2n) is 4.50. The van der Waals surface area contributed by atoms with E-state index >= 15 is 0 Å². The fraction of sp³-hybridized carbons (Fsp3) is 0.417. The first-order chi connectivity index (χ1) is 7.65. The zero-order chi connectivity index (χ0) is 11.3. The average Bonchev–Trinajstić information content (AvgIpc) is 2.86. The van der Waals surface area contributed by atoms with Gasteiger partial charge in [0, 0.05) is 18.7 Å². The minimum Gasteiger partial charge on any atom is -0.477 e. The predicted octanol–water partition coefficient (Wildman–Crippen LogP) is 2.65. The van der Waals surface area contributed by atoms with E-state index in [9.17, 15) is 4.79 Å². The number of aryl methyl sites for hydroxylation is 1. The number of hydrogen-bond acceptors (Lipinski definition) is 2. The monoisotopic (exact) mass is 219 g/mol. The molecule has 16 heavy (non-hydrogen) atoms. The van der Waals surface area contributed by atoms with Crippen molar-refractivity contribution in [2.45, 2.75) is 26.3 Å². The van der Waals surface area contributed by atoms with Gasteiger partial charge in [-0.3, -0.25) is 0 Å². The van der Waals surface area contributed by atoms with E-state index < -0.39 is 5.97 Å². The van der Waals surface area contributed by atoms with Gasteiger partial charge in [-0.2, -0.15) is 0 Å². The molecule has 0 aromatic carbocycles. The van der Waals surface area contributed by atoms with Gasteiger partial charge in [0.1, 0.15) is 11.5 Å². The van der Waals surface area contributed by atoms with Gasteiger partial charge in [-0.25, -0.2) is 4.79 Å². The molecule has 2 heterocycles. The van der Waals surface area contributed by atoms with Gasteiger partial charge in [0.2, 0.25) is 0 Å². The molecule has 2 aromatic rings. The molecular formula is C12H13NO3. The molecule has 0 spiro atoms. The maximum Gasteiger partial charge on any atom is 0.352 e. The Morgan fingerprint density at radius 2 is 2.31 bits per heavy atom. The number of aromatic nitrogens is 1. The third-order valence-corrected chi connectivity index (χ3v) is 3.07. The Bertz CT molecular complexity index is 560. The summed E-state index contributed by atoms with van der Waals surface area (Å²) in [6.45, 7) is 2.67. The first kappa shape index (κ1) is 9.51. The van der Waals surface area contributed by atoms with Crippen molar-refractivity contribution < 1.29 is 14.3 Å². The summed E-state index contributed by atoms with van der Waals surface area (Å²) in [4.78, 5) is 11.1. The lowest BCUT2D eigenvalue weighted by molar-refractivity contribution is 0.0685. The lowest BCUT2D eigenvalue weighted by Gasteiger charge is -2.05. The van der Waals surface area contributed by atoms with Crippen molar-refractivity contribution >= 4 is 17.1 Å². The molecule has 1 N–H and O–H groups in total. The molecule has 1 aliphatic rings. The molecule has 0 unspecified atom stereocenters. The number of carboxylic acid groups (broad SMARTS) is 1. The van der Waals surface area contributed by atoms with Crippen LogP contribution < -0.4 is 0 Å². The molecular weight excluding hydrogens is 206 g/mol. The summed E-state index contributed by atoms with van der Waals surface area (Å²) >= 11 is 0. The zero-order valence-electron chi connectivity index (χ0n) is 9.06. The van der Waals surface area contributed by atoms with Crippen LogP contribution in [0, 0.1) is 12.8 Å². The van der Waals surface area contributed by atoms with Gasteiger partial charge in [0.15, 0.2) is 5.58 Å². The number of carbonyl (C=O) groups is 1. The smallest absolute Gasteiger partial charge is 0.352 e. The van der Waals surface area contributed by atoms with Crippen LogP contribution in [0.3, 0.4) is 0 Å². The predicted molar refractivity (Wildman–Crippen MR) is 58.6 cm³/mol.